The minimum atomic E-state index is -4.27. The number of likely N-dealkylation sites (N-methyl/N-ethyl adjacent to an activating group) is 1. The van der Waals surface area contributed by atoms with E-state index < -0.39 is 21.8 Å². The first-order valence-electron chi connectivity index (χ1n) is 14.7. The number of oxazole rings is 1. The van der Waals surface area contributed by atoms with Crippen molar-refractivity contribution in [3.8, 4) is 11.1 Å². The average molecular weight is 613 g/mol. The Balaban J connectivity index is 1.42. The van der Waals surface area contributed by atoms with Crippen molar-refractivity contribution in [3.63, 3.8) is 0 Å². The summed E-state index contributed by atoms with van der Waals surface area (Å²) in [4.78, 5) is 13.8. The number of benzene rings is 3. The lowest BCUT2D eigenvalue weighted by Gasteiger charge is -2.25. The molecule has 0 unspecified atom stereocenters. The van der Waals surface area contributed by atoms with Crippen molar-refractivity contribution >= 4 is 39.0 Å². The van der Waals surface area contributed by atoms with Crippen LogP contribution >= 0.6 is 0 Å². The number of rotatable bonds is 11. The molecule has 1 aliphatic rings. The molecule has 1 aliphatic heterocycles. The summed E-state index contributed by atoms with van der Waals surface area (Å²) in [5, 5.41) is 9.50. The van der Waals surface area contributed by atoms with Crippen LogP contribution < -0.4 is 9.47 Å². The molecule has 0 atom stereocenters. The van der Waals surface area contributed by atoms with Crippen LogP contribution in [0.2, 0.25) is 0 Å². The van der Waals surface area contributed by atoms with Gasteiger partial charge in [-0.3, -0.25) is 0 Å². The molecule has 5 rings (SSSR count). The second-order valence-electron chi connectivity index (χ2n) is 11.3. The van der Waals surface area contributed by atoms with E-state index in [1.165, 1.54) is 0 Å². The topological polar surface area (TPSA) is 115 Å². The molecule has 8 nitrogen and oxygen atoms in total. The highest BCUT2D eigenvalue weighted by Crippen LogP contribution is 2.47. The van der Waals surface area contributed by atoms with Gasteiger partial charge in [0.1, 0.15) is 0 Å². The summed E-state index contributed by atoms with van der Waals surface area (Å²) in [7, 11) is -4.27. The molecule has 228 valence electrons. The fourth-order valence-electron chi connectivity index (χ4n) is 5.81. The minimum Gasteiger partial charge on any atom is -0.748 e. The van der Waals surface area contributed by atoms with Crippen molar-refractivity contribution in [2.24, 2.45) is 0 Å². The van der Waals surface area contributed by atoms with Crippen LogP contribution in [0.15, 0.2) is 101 Å². The first-order chi connectivity index (χ1) is 21.0. The van der Waals surface area contributed by atoms with Crippen LogP contribution in [0, 0.1) is 0 Å². The number of carboxylic acids is 1. The van der Waals surface area contributed by atoms with E-state index in [2.05, 4.69) is 37.8 Å². The zero-order valence-corrected chi connectivity index (χ0v) is 25.9. The lowest BCUT2D eigenvalue weighted by Crippen LogP contribution is -2.35. The quantitative estimate of drug-likeness (QED) is 0.0869. The Hall–Kier alpha value is -4.47. The third-order valence-corrected chi connectivity index (χ3v) is 8.82. The van der Waals surface area contributed by atoms with Gasteiger partial charge in [-0.05, 0) is 60.4 Å². The van der Waals surface area contributed by atoms with E-state index >= 15 is 0 Å². The van der Waals surface area contributed by atoms with Crippen molar-refractivity contribution in [3.05, 3.63) is 114 Å². The lowest BCUT2D eigenvalue weighted by molar-refractivity contribution is -0.678. The summed E-state index contributed by atoms with van der Waals surface area (Å²) < 4.78 is 41.6. The summed E-state index contributed by atoms with van der Waals surface area (Å²) >= 11 is 0. The predicted octanol–water partition coefficient (Wildman–Crippen LogP) is 6.68. The van der Waals surface area contributed by atoms with Gasteiger partial charge in [-0.25, -0.2) is 13.2 Å². The van der Waals surface area contributed by atoms with Crippen LogP contribution in [0.3, 0.4) is 0 Å². The van der Waals surface area contributed by atoms with Crippen LogP contribution in [0.1, 0.15) is 55.4 Å². The zero-order chi connectivity index (χ0) is 31.5. The first kappa shape index (κ1) is 31.0. The Morgan fingerprint density at radius 3 is 2.48 bits per heavy atom. The maximum Gasteiger partial charge on any atom is 0.374 e. The van der Waals surface area contributed by atoms with Crippen molar-refractivity contribution in [1.29, 1.82) is 0 Å². The van der Waals surface area contributed by atoms with Gasteiger partial charge >= 0.3 is 11.9 Å². The molecule has 0 radical (unpaired) electrons. The lowest BCUT2D eigenvalue weighted by atomic mass is 9.83. The Kier molecular flexibility index (Phi) is 8.90. The molecule has 0 saturated carbocycles. The molecular formula is C35H36N2O6S. The van der Waals surface area contributed by atoms with Gasteiger partial charge in [-0.1, -0.05) is 68.5 Å². The van der Waals surface area contributed by atoms with Crippen molar-refractivity contribution in [2.45, 2.75) is 45.6 Å². The maximum absolute atomic E-state index is 11.6. The third kappa shape index (κ3) is 6.54. The minimum absolute atomic E-state index is 0.264. The standard InChI is InChI=1S/C35H36N2O6S/c1-4-36-29-19-17-27(34(38)39)23-28(29)35(2,3)32(36)15-9-6-10-16-33-37(21-11-12-22-44(40,41)42)30-24-26(18-20-31(30)43-33)25-13-7-5-8-14-25/h5-10,13-20,23-24H,4,11-12,21-22H2,1-3H3,(H-,38,39,40,41,42). The summed E-state index contributed by atoms with van der Waals surface area (Å²) in [6, 6.07) is 21.3. The molecular weight excluding hydrogens is 576 g/mol. The van der Waals surface area contributed by atoms with Crippen molar-refractivity contribution in [2.75, 3.05) is 17.2 Å². The number of carbonyl (C=O) groups is 1. The summed E-state index contributed by atoms with van der Waals surface area (Å²) in [5.74, 6) is -0.727. The number of anilines is 1. The van der Waals surface area contributed by atoms with Gasteiger partial charge in [0, 0.05) is 41.6 Å². The van der Waals surface area contributed by atoms with E-state index in [-0.39, 0.29) is 17.4 Å². The predicted molar refractivity (Wildman–Crippen MR) is 171 cm³/mol. The van der Waals surface area contributed by atoms with Gasteiger partial charge in [0.05, 0.1) is 21.8 Å². The molecule has 9 heteroatoms. The number of aryl methyl sites for hydroxylation is 1. The molecule has 0 fully saturated rings. The molecule has 0 bridgehead atoms. The molecule has 44 heavy (non-hydrogen) atoms. The van der Waals surface area contributed by atoms with Gasteiger partial charge in [-0.2, -0.15) is 4.57 Å². The van der Waals surface area contributed by atoms with Crippen LogP contribution in [0.4, 0.5) is 5.69 Å². The SMILES string of the molecule is CCN1C(=CC=CC=Cc2oc3ccc(-c4ccccc4)cc3[n+]2CCCCS(=O)(=O)[O-])C(C)(C)c2cc(C(=O)O)ccc21. The molecule has 1 N–H and O–H groups in total. The number of unbranched alkanes of at least 4 members (excludes halogenated alkanes) is 1. The largest absolute Gasteiger partial charge is 0.748 e. The highest BCUT2D eigenvalue weighted by Gasteiger charge is 2.39. The second kappa shape index (κ2) is 12.6. The Bertz CT molecular complexity index is 1890. The molecule has 0 saturated heterocycles. The van der Waals surface area contributed by atoms with Gasteiger partial charge in [-0.15, -0.1) is 0 Å². The fourth-order valence-corrected chi connectivity index (χ4v) is 6.37. The van der Waals surface area contributed by atoms with E-state index in [0.29, 0.717) is 24.4 Å². The molecule has 4 aromatic rings. The molecule has 0 aliphatic carbocycles. The molecule has 1 aromatic heterocycles. The number of aromatic nitrogens is 1. The van der Waals surface area contributed by atoms with E-state index in [9.17, 15) is 22.9 Å². The Morgan fingerprint density at radius 2 is 1.77 bits per heavy atom. The van der Waals surface area contributed by atoms with Crippen LogP contribution in [-0.4, -0.2) is 36.3 Å². The third-order valence-electron chi connectivity index (χ3n) is 8.03. The van der Waals surface area contributed by atoms with E-state index in [4.69, 9.17) is 4.42 Å². The molecule has 0 spiro atoms. The summed E-state index contributed by atoms with van der Waals surface area (Å²) in [5.41, 5.74) is 6.67. The molecule has 2 heterocycles. The second-order valence-corrected chi connectivity index (χ2v) is 12.8. The number of fused-ring (bicyclic) bond motifs is 2. The highest BCUT2D eigenvalue weighted by atomic mass is 32.2. The number of allylic oxidation sites excluding steroid dienone is 5. The van der Waals surface area contributed by atoms with E-state index in [0.717, 1.165) is 40.1 Å². The number of carboxylic acid groups (broad SMARTS) is 1. The van der Waals surface area contributed by atoms with Crippen molar-refractivity contribution < 1.29 is 31.9 Å². The van der Waals surface area contributed by atoms with Crippen LogP contribution in [0.5, 0.6) is 0 Å². The van der Waals surface area contributed by atoms with Gasteiger partial charge in [0.2, 0.25) is 5.58 Å². The number of hydrogen-bond donors (Lipinski definition) is 1. The number of nitrogens with zero attached hydrogens (tertiary/aromatic N) is 2. The smallest absolute Gasteiger partial charge is 0.374 e. The highest BCUT2D eigenvalue weighted by molar-refractivity contribution is 7.85. The van der Waals surface area contributed by atoms with Crippen LogP contribution in [-0.2, 0) is 22.1 Å². The van der Waals surface area contributed by atoms with Gasteiger partial charge < -0.3 is 19.0 Å². The van der Waals surface area contributed by atoms with Crippen molar-refractivity contribution in [1.82, 2.24) is 0 Å². The van der Waals surface area contributed by atoms with Gasteiger partial charge in [0.15, 0.2) is 6.54 Å². The zero-order valence-electron chi connectivity index (χ0n) is 25.1. The number of aromatic carboxylic acids is 1. The van der Waals surface area contributed by atoms with E-state index in [1.807, 2.05) is 77.4 Å². The van der Waals surface area contributed by atoms with E-state index in [1.54, 1.807) is 12.1 Å². The number of hydrogen-bond acceptors (Lipinski definition) is 6. The normalized spacial score (nSPS) is 15.6. The molecule has 3 aromatic carbocycles. The summed E-state index contributed by atoms with van der Waals surface area (Å²) in [6.07, 6.45) is 10.5. The average Bonchev–Trinajstić information content (AvgIpc) is 3.44. The fraction of sp³-hybridized carbons (Fsp3) is 0.257. The van der Waals surface area contributed by atoms with Gasteiger partial charge in [0.25, 0.3) is 5.52 Å². The Labute approximate surface area is 258 Å². The monoisotopic (exact) mass is 612 g/mol. The first-order valence-corrected chi connectivity index (χ1v) is 16.2. The Morgan fingerprint density at radius 1 is 1.00 bits per heavy atom. The molecule has 0 amide bonds. The van der Waals surface area contributed by atoms with Crippen LogP contribution in [0.25, 0.3) is 28.3 Å². The summed E-state index contributed by atoms with van der Waals surface area (Å²) in [6.45, 7) is 7.51. The maximum atomic E-state index is 11.6.